The van der Waals surface area contributed by atoms with E-state index in [2.05, 4.69) is 69.8 Å². The van der Waals surface area contributed by atoms with Crippen molar-refractivity contribution in [2.45, 2.75) is 66.7 Å². The van der Waals surface area contributed by atoms with Crippen LogP contribution in [0.1, 0.15) is 71.4 Å². The molecule has 1 aromatic carbocycles. The Bertz CT molecular complexity index is 630. The predicted octanol–water partition coefficient (Wildman–Crippen LogP) is 7.68. The Morgan fingerprint density at radius 1 is 1.08 bits per heavy atom. The zero-order chi connectivity index (χ0) is 16.7. The van der Waals surface area contributed by atoms with Gasteiger partial charge in [-0.3, -0.25) is 0 Å². The van der Waals surface area contributed by atoms with Crippen molar-refractivity contribution in [2.75, 3.05) is 0 Å². The lowest BCUT2D eigenvalue weighted by Crippen LogP contribution is -1.98. The van der Waals surface area contributed by atoms with Gasteiger partial charge in [-0.15, -0.1) is 0 Å². The van der Waals surface area contributed by atoms with Crippen LogP contribution in [-0.2, 0) is 6.42 Å². The molecule has 1 aromatic rings. The molecule has 0 radical (unpaired) electrons. The number of benzene rings is 1. The van der Waals surface area contributed by atoms with Gasteiger partial charge in [-0.2, -0.15) is 0 Å². The van der Waals surface area contributed by atoms with Gasteiger partial charge in [0.15, 0.2) is 0 Å². The number of rotatable bonds is 6. The van der Waals surface area contributed by atoms with E-state index in [0.717, 1.165) is 12.8 Å². The van der Waals surface area contributed by atoms with Gasteiger partial charge < -0.3 is 0 Å². The van der Waals surface area contributed by atoms with E-state index < -0.39 is 0 Å². The van der Waals surface area contributed by atoms with Gasteiger partial charge in [0.2, 0.25) is 0 Å². The van der Waals surface area contributed by atoms with E-state index in [1.807, 2.05) is 0 Å². The molecule has 0 aliphatic heterocycles. The molecule has 0 unspecified atom stereocenters. The van der Waals surface area contributed by atoms with Gasteiger partial charge >= 0.3 is 0 Å². The SMILES string of the molecule is C.C=CC1=C(/C=C\C)CCc2ccccc2C1=C(CCC)CCC. The fraction of sp³-hybridized carbons (Fsp3) is 0.417. The molecule has 0 bridgehead atoms. The highest BCUT2D eigenvalue weighted by Gasteiger charge is 2.20. The first kappa shape index (κ1) is 20.2. The largest absolute Gasteiger partial charge is 0.0984 e. The first-order chi connectivity index (χ1) is 11.3. The average molecular weight is 323 g/mol. The van der Waals surface area contributed by atoms with E-state index in [1.165, 1.54) is 53.5 Å². The summed E-state index contributed by atoms with van der Waals surface area (Å²) in [7, 11) is 0. The zero-order valence-electron chi connectivity index (χ0n) is 15.0. The molecular formula is C24H34. The minimum atomic E-state index is 0. The number of allylic oxidation sites excluding steroid dienone is 7. The molecule has 0 nitrogen and oxygen atoms in total. The summed E-state index contributed by atoms with van der Waals surface area (Å²) in [5.41, 5.74) is 8.75. The normalized spacial score (nSPS) is 14.2. The first-order valence-corrected chi connectivity index (χ1v) is 9.05. The van der Waals surface area contributed by atoms with Crippen LogP contribution in [0, 0.1) is 0 Å². The molecule has 0 fully saturated rings. The average Bonchev–Trinajstić information content (AvgIpc) is 2.72. The Kier molecular flexibility index (Phi) is 8.54. The van der Waals surface area contributed by atoms with E-state index in [4.69, 9.17) is 0 Å². The van der Waals surface area contributed by atoms with Crippen molar-refractivity contribution < 1.29 is 0 Å². The molecule has 1 aliphatic rings. The quantitative estimate of drug-likeness (QED) is 0.503. The minimum absolute atomic E-state index is 0. The van der Waals surface area contributed by atoms with Crippen LogP contribution in [0.2, 0.25) is 0 Å². The van der Waals surface area contributed by atoms with Crippen molar-refractivity contribution in [3.05, 3.63) is 76.9 Å². The standard InChI is InChI=1S/C23H30.CH4/c1-5-11-18-16-17-19-14-9-10-15-22(19)23(21(18)8-4)20(12-6-2)13-7-3;/h5,8-11,14-15H,4,6-7,12-13,16-17H2,1-3H3;1H4/b11-5-;. The van der Waals surface area contributed by atoms with Crippen LogP contribution in [0.4, 0.5) is 0 Å². The summed E-state index contributed by atoms with van der Waals surface area (Å²) in [5, 5.41) is 0. The minimum Gasteiger partial charge on any atom is -0.0984 e. The number of hydrogen-bond acceptors (Lipinski definition) is 0. The topological polar surface area (TPSA) is 0 Å². The van der Waals surface area contributed by atoms with Crippen molar-refractivity contribution >= 4 is 5.57 Å². The van der Waals surface area contributed by atoms with Crippen LogP contribution < -0.4 is 0 Å². The lowest BCUT2D eigenvalue weighted by atomic mass is 9.86. The van der Waals surface area contributed by atoms with Crippen molar-refractivity contribution in [1.82, 2.24) is 0 Å². The molecule has 0 amide bonds. The highest BCUT2D eigenvalue weighted by Crippen LogP contribution is 2.39. The van der Waals surface area contributed by atoms with Gasteiger partial charge in [-0.05, 0) is 60.5 Å². The summed E-state index contributed by atoms with van der Waals surface area (Å²) in [6.07, 6.45) is 13.5. The second-order valence-electron chi connectivity index (χ2n) is 6.28. The molecule has 1 aliphatic carbocycles. The first-order valence-electron chi connectivity index (χ1n) is 9.05. The lowest BCUT2D eigenvalue weighted by Gasteiger charge is -2.18. The molecule has 0 heteroatoms. The van der Waals surface area contributed by atoms with Gasteiger partial charge in [-0.1, -0.05) is 88.8 Å². The molecule has 130 valence electrons. The Morgan fingerprint density at radius 3 is 2.33 bits per heavy atom. The summed E-state index contributed by atoms with van der Waals surface area (Å²) in [5.74, 6) is 0. The van der Waals surface area contributed by atoms with E-state index >= 15 is 0 Å². The van der Waals surface area contributed by atoms with E-state index in [0.29, 0.717) is 0 Å². The Morgan fingerprint density at radius 2 is 1.75 bits per heavy atom. The van der Waals surface area contributed by atoms with Gasteiger partial charge in [0.1, 0.15) is 0 Å². The molecular weight excluding hydrogens is 288 g/mol. The molecule has 24 heavy (non-hydrogen) atoms. The van der Waals surface area contributed by atoms with Crippen molar-refractivity contribution in [1.29, 1.82) is 0 Å². The molecule has 0 spiro atoms. The van der Waals surface area contributed by atoms with Crippen LogP contribution in [0.3, 0.4) is 0 Å². The van der Waals surface area contributed by atoms with Crippen LogP contribution in [0.25, 0.3) is 5.57 Å². The summed E-state index contributed by atoms with van der Waals surface area (Å²) < 4.78 is 0. The van der Waals surface area contributed by atoms with Crippen LogP contribution in [0.15, 0.2) is 65.8 Å². The van der Waals surface area contributed by atoms with Crippen molar-refractivity contribution in [3.8, 4) is 0 Å². The summed E-state index contributed by atoms with van der Waals surface area (Å²) in [6.45, 7) is 10.8. The summed E-state index contributed by atoms with van der Waals surface area (Å²) in [6, 6.07) is 8.95. The monoisotopic (exact) mass is 322 g/mol. The van der Waals surface area contributed by atoms with Crippen LogP contribution in [-0.4, -0.2) is 0 Å². The predicted molar refractivity (Wildman–Crippen MR) is 110 cm³/mol. The number of aryl methyl sites for hydroxylation is 1. The highest BCUT2D eigenvalue weighted by atomic mass is 14.2. The second-order valence-corrected chi connectivity index (χ2v) is 6.28. The molecule has 0 aromatic heterocycles. The maximum Gasteiger partial charge on any atom is -0.0114 e. The fourth-order valence-corrected chi connectivity index (χ4v) is 3.66. The molecule has 0 saturated carbocycles. The Labute approximate surface area is 149 Å². The number of fused-ring (bicyclic) bond motifs is 1. The molecule has 0 atom stereocenters. The second kappa shape index (κ2) is 10.1. The Balaban J connectivity index is 0.00000288. The van der Waals surface area contributed by atoms with Crippen LogP contribution >= 0.6 is 0 Å². The lowest BCUT2D eigenvalue weighted by molar-refractivity contribution is 0.806. The smallest absolute Gasteiger partial charge is 0.0114 e. The summed E-state index contributed by atoms with van der Waals surface area (Å²) in [4.78, 5) is 0. The van der Waals surface area contributed by atoms with E-state index in [-0.39, 0.29) is 7.43 Å². The van der Waals surface area contributed by atoms with Crippen molar-refractivity contribution in [2.24, 2.45) is 0 Å². The molecule has 0 saturated heterocycles. The van der Waals surface area contributed by atoms with Gasteiger partial charge in [0, 0.05) is 0 Å². The summed E-state index contributed by atoms with van der Waals surface area (Å²) >= 11 is 0. The third-order valence-electron chi connectivity index (χ3n) is 4.59. The third kappa shape index (κ3) is 4.38. The van der Waals surface area contributed by atoms with E-state index in [1.54, 1.807) is 5.57 Å². The molecule has 0 N–H and O–H groups in total. The maximum atomic E-state index is 4.16. The van der Waals surface area contributed by atoms with Crippen molar-refractivity contribution in [3.63, 3.8) is 0 Å². The third-order valence-corrected chi connectivity index (χ3v) is 4.59. The molecule has 2 rings (SSSR count). The Hall–Kier alpha value is -1.82. The maximum absolute atomic E-state index is 4.16. The van der Waals surface area contributed by atoms with Gasteiger partial charge in [-0.25, -0.2) is 0 Å². The highest BCUT2D eigenvalue weighted by molar-refractivity contribution is 5.87. The van der Waals surface area contributed by atoms with Crippen LogP contribution in [0.5, 0.6) is 0 Å². The van der Waals surface area contributed by atoms with Gasteiger partial charge in [0.25, 0.3) is 0 Å². The fourth-order valence-electron chi connectivity index (χ4n) is 3.66. The van der Waals surface area contributed by atoms with E-state index in [9.17, 15) is 0 Å². The zero-order valence-corrected chi connectivity index (χ0v) is 15.0. The molecule has 0 heterocycles. The number of hydrogen-bond donors (Lipinski definition) is 0. The van der Waals surface area contributed by atoms with Gasteiger partial charge in [0.05, 0.1) is 0 Å².